The third-order valence-electron chi connectivity index (χ3n) is 5.23. The minimum absolute atomic E-state index is 0.0164. The van der Waals surface area contributed by atoms with E-state index >= 15 is 0 Å². The Morgan fingerprint density at radius 3 is 2.63 bits per heavy atom. The standard InChI is InChI=1S/C15H26N2O2/c1-10(13-9-11-4-5-12(13)8-11)15(17,14(18)19)6-2-3-7-16/h4-5,10-13H,2-3,6-9,16-17H2,1H3,(H,18,19)/t10?,11?,12?,13?,15-/m0/s1. The summed E-state index contributed by atoms with van der Waals surface area (Å²) >= 11 is 0. The van der Waals surface area contributed by atoms with Gasteiger partial charge in [0.05, 0.1) is 0 Å². The molecular formula is C15H26N2O2. The second kappa shape index (κ2) is 5.63. The summed E-state index contributed by atoms with van der Waals surface area (Å²) in [6.45, 7) is 2.62. The first-order chi connectivity index (χ1) is 8.99. The second-order valence-electron chi connectivity index (χ2n) is 6.32. The summed E-state index contributed by atoms with van der Waals surface area (Å²) in [7, 11) is 0. The molecule has 0 spiro atoms. The average molecular weight is 266 g/mol. The van der Waals surface area contributed by atoms with Crippen molar-refractivity contribution in [1.82, 2.24) is 0 Å². The first-order valence-corrected chi connectivity index (χ1v) is 7.39. The molecule has 2 aliphatic rings. The zero-order valence-electron chi connectivity index (χ0n) is 11.7. The highest BCUT2D eigenvalue weighted by Crippen LogP contribution is 2.49. The molecule has 0 aromatic carbocycles. The van der Waals surface area contributed by atoms with Crippen LogP contribution in [0, 0.1) is 23.7 Å². The van der Waals surface area contributed by atoms with Crippen LogP contribution in [-0.4, -0.2) is 23.2 Å². The molecule has 108 valence electrons. The van der Waals surface area contributed by atoms with Gasteiger partial charge in [0.15, 0.2) is 0 Å². The monoisotopic (exact) mass is 266 g/mol. The SMILES string of the molecule is CC(C1CC2C=CC1C2)[C@@](N)(CCCCN)C(=O)O. The van der Waals surface area contributed by atoms with Crippen LogP contribution in [0.15, 0.2) is 12.2 Å². The molecule has 19 heavy (non-hydrogen) atoms. The summed E-state index contributed by atoms with van der Waals surface area (Å²) in [5.41, 5.74) is 10.7. The van der Waals surface area contributed by atoms with Gasteiger partial charge in [0.1, 0.15) is 5.54 Å². The summed E-state index contributed by atoms with van der Waals surface area (Å²) in [5.74, 6) is 0.775. The van der Waals surface area contributed by atoms with Gasteiger partial charge in [-0.25, -0.2) is 0 Å². The van der Waals surface area contributed by atoms with E-state index in [-0.39, 0.29) is 5.92 Å². The Bertz CT molecular complexity index is 369. The van der Waals surface area contributed by atoms with Gasteiger partial charge < -0.3 is 16.6 Å². The van der Waals surface area contributed by atoms with Crippen LogP contribution in [0.4, 0.5) is 0 Å². The quantitative estimate of drug-likeness (QED) is 0.484. The van der Waals surface area contributed by atoms with Crippen molar-refractivity contribution in [3.63, 3.8) is 0 Å². The number of carboxylic acid groups (broad SMARTS) is 1. The number of unbranched alkanes of at least 4 members (excludes halogenated alkanes) is 1. The van der Waals surface area contributed by atoms with Gasteiger partial charge >= 0.3 is 5.97 Å². The van der Waals surface area contributed by atoms with Gasteiger partial charge in [-0.2, -0.15) is 0 Å². The minimum atomic E-state index is -1.10. The molecule has 0 heterocycles. The van der Waals surface area contributed by atoms with Gasteiger partial charge in [-0.3, -0.25) is 4.79 Å². The third-order valence-corrected chi connectivity index (χ3v) is 5.23. The van der Waals surface area contributed by atoms with E-state index in [1.807, 2.05) is 6.92 Å². The average Bonchev–Trinajstić information content (AvgIpc) is 2.99. The zero-order valence-corrected chi connectivity index (χ0v) is 11.7. The van der Waals surface area contributed by atoms with E-state index in [1.165, 1.54) is 6.42 Å². The van der Waals surface area contributed by atoms with E-state index in [4.69, 9.17) is 11.5 Å². The van der Waals surface area contributed by atoms with Crippen molar-refractivity contribution in [2.45, 2.75) is 44.6 Å². The van der Waals surface area contributed by atoms with Gasteiger partial charge in [0.2, 0.25) is 0 Å². The van der Waals surface area contributed by atoms with Gasteiger partial charge in [-0.15, -0.1) is 0 Å². The van der Waals surface area contributed by atoms with Crippen molar-refractivity contribution in [3.05, 3.63) is 12.2 Å². The van der Waals surface area contributed by atoms with E-state index in [0.717, 1.165) is 19.3 Å². The number of hydrogen-bond donors (Lipinski definition) is 3. The molecular weight excluding hydrogens is 240 g/mol. The Labute approximate surface area is 115 Å². The Balaban J connectivity index is 2.05. The fraction of sp³-hybridized carbons (Fsp3) is 0.800. The molecule has 0 saturated heterocycles. The maximum Gasteiger partial charge on any atom is 0.323 e. The number of aliphatic carboxylic acids is 1. The molecule has 0 aromatic heterocycles. The molecule has 0 radical (unpaired) electrons. The normalized spacial score (nSPS) is 33.3. The van der Waals surface area contributed by atoms with Crippen molar-refractivity contribution in [2.75, 3.05) is 6.54 Å². The molecule has 2 rings (SSSR count). The number of hydrogen-bond acceptors (Lipinski definition) is 3. The van der Waals surface area contributed by atoms with Crippen LogP contribution in [0.1, 0.15) is 39.0 Å². The lowest BCUT2D eigenvalue weighted by Gasteiger charge is -2.37. The van der Waals surface area contributed by atoms with Crippen LogP contribution in [-0.2, 0) is 4.79 Å². The smallest absolute Gasteiger partial charge is 0.323 e. The largest absolute Gasteiger partial charge is 0.480 e. The lowest BCUT2D eigenvalue weighted by atomic mass is 9.70. The van der Waals surface area contributed by atoms with E-state index in [0.29, 0.717) is 30.7 Å². The van der Waals surface area contributed by atoms with Crippen LogP contribution in [0.3, 0.4) is 0 Å². The fourth-order valence-electron chi connectivity index (χ4n) is 3.87. The fourth-order valence-corrected chi connectivity index (χ4v) is 3.87. The van der Waals surface area contributed by atoms with Crippen molar-refractivity contribution in [2.24, 2.45) is 35.1 Å². The number of fused-ring (bicyclic) bond motifs is 2. The molecule has 5 N–H and O–H groups in total. The molecule has 0 aromatic rings. The Kier molecular flexibility index (Phi) is 4.31. The zero-order chi connectivity index (χ0) is 14.0. The molecule has 5 atom stereocenters. The molecule has 0 aliphatic heterocycles. The van der Waals surface area contributed by atoms with Gasteiger partial charge in [0, 0.05) is 0 Å². The highest BCUT2D eigenvalue weighted by Gasteiger charge is 2.48. The maximum atomic E-state index is 11.6. The van der Waals surface area contributed by atoms with Crippen LogP contribution in [0.2, 0.25) is 0 Å². The van der Waals surface area contributed by atoms with Crippen LogP contribution < -0.4 is 11.5 Å². The van der Waals surface area contributed by atoms with E-state index in [1.54, 1.807) is 0 Å². The molecule has 2 bridgehead atoms. The predicted molar refractivity (Wildman–Crippen MR) is 75.5 cm³/mol. The molecule has 4 nitrogen and oxygen atoms in total. The van der Waals surface area contributed by atoms with Gasteiger partial charge in [-0.1, -0.05) is 19.1 Å². The predicted octanol–water partition coefficient (Wildman–Crippen LogP) is 1.75. The Morgan fingerprint density at radius 2 is 2.16 bits per heavy atom. The highest BCUT2D eigenvalue weighted by molar-refractivity contribution is 5.79. The molecule has 4 heteroatoms. The lowest BCUT2D eigenvalue weighted by Crippen LogP contribution is -2.55. The molecule has 4 unspecified atom stereocenters. The first-order valence-electron chi connectivity index (χ1n) is 7.39. The molecule has 0 amide bonds. The highest BCUT2D eigenvalue weighted by atomic mass is 16.4. The lowest BCUT2D eigenvalue weighted by molar-refractivity contribution is -0.147. The van der Waals surface area contributed by atoms with Gasteiger partial charge in [0.25, 0.3) is 0 Å². The van der Waals surface area contributed by atoms with E-state index in [9.17, 15) is 9.90 Å². The number of nitrogens with two attached hydrogens (primary N) is 2. The van der Waals surface area contributed by atoms with Crippen LogP contribution in [0.25, 0.3) is 0 Å². The number of carboxylic acids is 1. The maximum absolute atomic E-state index is 11.6. The van der Waals surface area contributed by atoms with Crippen LogP contribution >= 0.6 is 0 Å². The van der Waals surface area contributed by atoms with Crippen molar-refractivity contribution in [1.29, 1.82) is 0 Å². The minimum Gasteiger partial charge on any atom is -0.480 e. The number of allylic oxidation sites excluding steroid dienone is 2. The Morgan fingerprint density at radius 1 is 1.42 bits per heavy atom. The summed E-state index contributed by atoms with van der Waals surface area (Å²) in [5, 5.41) is 9.56. The number of rotatable bonds is 7. The number of carbonyl (C=O) groups is 1. The first kappa shape index (κ1) is 14.5. The van der Waals surface area contributed by atoms with E-state index in [2.05, 4.69) is 12.2 Å². The van der Waals surface area contributed by atoms with Gasteiger partial charge in [-0.05, 0) is 62.3 Å². The molecule has 2 aliphatic carbocycles. The Hall–Kier alpha value is -0.870. The van der Waals surface area contributed by atoms with Crippen LogP contribution in [0.5, 0.6) is 0 Å². The van der Waals surface area contributed by atoms with Crippen molar-refractivity contribution in [3.8, 4) is 0 Å². The third kappa shape index (κ3) is 2.70. The summed E-state index contributed by atoms with van der Waals surface area (Å²) in [6, 6.07) is 0. The summed E-state index contributed by atoms with van der Waals surface area (Å²) < 4.78 is 0. The molecule has 1 fully saturated rings. The molecule has 1 saturated carbocycles. The van der Waals surface area contributed by atoms with Crippen molar-refractivity contribution < 1.29 is 9.90 Å². The second-order valence-corrected chi connectivity index (χ2v) is 6.32. The van der Waals surface area contributed by atoms with E-state index < -0.39 is 11.5 Å². The summed E-state index contributed by atoms with van der Waals surface area (Å²) in [6.07, 6.45) is 8.99. The summed E-state index contributed by atoms with van der Waals surface area (Å²) in [4.78, 5) is 11.6. The topological polar surface area (TPSA) is 89.3 Å². The van der Waals surface area contributed by atoms with Crippen molar-refractivity contribution >= 4 is 5.97 Å².